The number of nitrogens with zero attached hydrogens (tertiary/aromatic N) is 2. The van der Waals surface area contributed by atoms with Gasteiger partial charge in [0.2, 0.25) is 11.8 Å². The van der Waals surface area contributed by atoms with Gasteiger partial charge in [-0.25, -0.2) is 0 Å². The van der Waals surface area contributed by atoms with Crippen molar-refractivity contribution in [3.05, 3.63) is 71.8 Å². The first-order chi connectivity index (χ1) is 17.0. The van der Waals surface area contributed by atoms with Crippen LogP contribution in [0.2, 0.25) is 0 Å². The molecule has 1 atom stereocenters. The fourth-order valence-electron chi connectivity index (χ4n) is 4.87. The Morgan fingerprint density at radius 2 is 1.74 bits per heavy atom. The smallest absolute Gasteiger partial charge is 0.255 e. The standard InChI is InChI=1S/C27H22N4O4/c1-35-20-6-4-15-10-17(3-2-16(15)12-20)22-13-23(30-29-22)18-5-7-21-19(11-18)14-31(27(21)34)24-8-9-25(32)28-26(24)33/h2-7,10-13,24H,8-9,14H2,1H3,(H,29,30)(H,28,32,33). The van der Waals surface area contributed by atoms with Gasteiger partial charge in [0, 0.05) is 29.7 Å². The molecule has 1 aromatic heterocycles. The highest BCUT2D eigenvalue weighted by Crippen LogP contribution is 2.32. The number of rotatable bonds is 4. The number of aromatic amines is 1. The Labute approximate surface area is 200 Å². The molecule has 1 unspecified atom stereocenters. The molecule has 3 heterocycles. The quantitative estimate of drug-likeness (QED) is 0.447. The number of hydrogen-bond acceptors (Lipinski definition) is 5. The third-order valence-corrected chi connectivity index (χ3v) is 6.76. The van der Waals surface area contributed by atoms with Crippen LogP contribution in [0, 0.1) is 0 Å². The van der Waals surface area contributed by atoms with E-state index in [2.05, 4.69) is 27.6 Å². The van der Waals surface area contributed by atoms with Crippen LogP contribution in [-0.2, 0) is 16.1 Å². The number of amides is 3. The van der Waals surface area contributed by atoms with Crippen molar-refractivity contribution in [3.8, 4) is 28.3 Å². The Morgan fingerprint density at radius 1 is 0.943 bits per heavy atom. The summed E-state index contributed by atoms with van der Waals surface area (Å²) in [6.45, 7) is 0.333. The van der Waals surface area contributed by atoms with Crippen LogP contribution in [-0.4, -0.2) is 46.0 Å². The lowest BCUT2D eigenvalue weighted by Gasteiger charge is -2.29. The molecule has 3 amide bonds. The van der Waals surface area contributed by atoms with Crippen molar-refractivity contribution < 1.29 is 19.1 Å². The van der Waals surface area contributed by atoms with Crippen molar-refractivity contribution in [1.82, 2.24) is 20.4 Å². The average Bonchev–Trinajstić information content (AvgIpc) is 3.48. The second-order valence-corrected chi connectivity index (χ2v) is 8.87. The highest BCUT2D eigenvalue weighted by molar-refractivity contribution is 6.05. The summed E-state index contributed by atoms with van der Waals surface area (Å²) in [5, 5.41) is 12.1. The molecule has 0 bridgehead atoms. The minimum absolute atomic E-state index is 0.184. The highest BCUT2D eigenvalue weighted by atomic mass is 16.5. The molecule has 4 aromatic rings. The first kappa shape index (κ1) is 21.1. The van der Waals surface area contributed by atoms with E-state index >= 15 is 0 Å². The van der Waals surface area contributed by atoms with Gasteiger partial charge < -0.3 is 9.64 Å². The molecule has 2 aliphatic rings. The Morgan fingerprint density at radius 3 is 2.57 bits per heavy atom. The van der Waals surface area contributed by atoms with E-state index in [4.69, 9.17) is 4.74 Å². The minimum atomic E-state index is -0.624. The summed E-state index contributed by atoms with van der Waals surface area (Å²) in [5.74, 6) is -0.0662. The lowest BCUT2D eigenvalue weighted by atomic mass is 10.0. The molecule has 0 radical (unpaired) electrons. The molecule has 8 heteroatoms. The van der Waals surface area contributed by atoms with Gasteiger partial charge in [0.05, 0.1) is 18.5 Å². The Bertz CT molecular complexity index is 1520. The number of piperidine rings is 1. The number of benzene rings is 3. The van der Waals surface area contributed by atoms with Crippen molar-refractivity contribution >= 4 is 28.5 Å². The summed E-state index contributed by atoms with van der Waals surface area (Å²) in [7, 11) is 1.66. The van der Waals surface area contributed by atoms with Gasteiger partial charge in [-0.05, 0) is 59.2 Å². The summed E-state index contributed by atoms with van der Waals surface area (Å²) < 4.78 is 5.30. The van der Waals surface area contributed by atoms with E-state index in [0.29, 0.717) is 18.5 Å². The van der Waals surface area contributed by atoms with E-state index in [9.17, 15) is 14.4 Å². The minimum Gasteiger partial charge on any atom is -0.497 e. The molecule has 0 spiro atoms. The van der Waals surface area contributed by atoms with Crippen molar-refractivity contribution in [2.24, 2.45) is 0 Å². The number of nitrogens with one attached hydrogen (secondary N) is 2. The zero-order chi connectivity index (χ0) is 24.1. The highest BCUT2D eigenvalue weighted by Gasteiger charge is 2.39. The van der Waals surface area contributed by atoms with Crippen LogP contribution in [0.25, 0.3) is 33.3 Å². The van der Waals surface area contributed by atoms with Gasteiger partial charge in [-0.15, -0.1) is 0 Å². The molecule has 3 aromatic carbocycles. The number of fused-ring (bicyclic) bond motifs is 2. The molecule has 35 heavy (non-hydrogen) atoms. The third-order valence-electron chi connectivity index (χ3n) is 6.76. The number of aromatic nitrogens is 2. The Kier molecular flexibility index (Phi) is 4.88. The van der Waals surface area contributed by atoms with E-state index in [1.807, 2.05) is 42.5 Å². The zero-order valence-electron chi connectivity index (χ0n) is 19.0. The van der Waals surface area contributed by atoms with E-state index in [0.717, 1.165) is 44.6 Å². The summed E-state index contributed by atoms with van der Waals surface area (Å²) in [5.41, 5.74) is 4.99. The molecule has 6 rings (SSSR count). The van der Waals surface area contributed by atoms with Crippen LogP contribution in [0.4, 0.5) is 0 Å². The predicted octanol–water partition coefficient (Wildman–Crippen LogP) is 3.67. The SMILES string of the molecule is COc1ccc2cc(-c3cc(-c4ccc5c(c4)CN(C4CCC(=O)NC4=O)C5=O)n[nH]3)ccc2c1. The Hall–Kier alpha value is -4.46. The van der Waals surface area contributed by atoms with E-state index in [1.54, 1.807) is 18.1 Å². The number of ether oxygens (including phenoxy) is 1. The maximum absolute atomic E-state index is 12.9. The van der Waals surface area contributed by atoms with Crippen LogP contribution in [0.5, 0.6) is 5.75 Å². The molecular formula is C27H22N4O4. The summed E-state index contributed by atoms with van der Waals surface area (Å²) in [6, 6.07) is 19.1. The predicted molar refractivity (Wildman–Crippen MR) is 130 cm³/mol. The second-order valence-electron chi connectivity index (χ2n) is 8.87. The third kappa shape index (κ3) is 3.63. The largest absolute Gasteiger partial charge is 0.497 e. The number of imide groups is 1. The van der Waals surface area contributed by atoms with Gasteiger partial charge in [0.15, 0.2) is 0 Å². The van der Waals surface area contributed by atoms with Gasteiger partial charge in [-0.2, -0.15) is 5.10 Å². The lowest BCUT2D eigenvalue weighted by Crippen LogP contribution is -2.52. The van der Waals surface area contributed by atoms with Gasteiger partial charge in [-0.1, -0.05) is 24.3 Å². The number of methoxy groups -OCH3 is 1. The first-order valence-electron chi connectivity index (χ1n) is 11.4. The molecule has 2 aliphatic heterocycles. The number of hydrogen-bond donors (Lipinski definition) is 2. The maximum atomic E-state index is 12.9. The molecule has 2 N–H and O–H groups in total. The number of carbonyl (C=O) groups is 3. The van der Waals surface area contributed by atoms with Crippen LogP contribution in [0.3, 0.4) is 0 Å². The lowest BCUT2D eigenvalue weighted by molar-refractivity contribution is -0.136. The fourth-order valence-corrected chi connectivity index (χ4v) is 4.87. The maximum Gasteiger partial charge on any atom is 0.255 e. The summed E-state index contributed by atoms with van der Waals surface area (Å²) in [4.78, 5) is 38.3. The van der Waals surface area contributed by atoms with Gasteiger partial charge in [0.1, 0.15) is 11.8 Å². The van der Waals surface area contributed by atoms with Crippen molar-refractivity contribution in [3.63, 3.8) is 0 Å². The van der Waals surface area contributed by atoms with Crippen LogP contribution >= 0.6 is 0 Å². The topological polar surface area (TPSA) is 104 Å². The second kappa shape index (κ2) is 8.09. The van der Waals surface area contributed by atoms with E-state index < -0.39 is 11.9 Å². The van der Waals surface area contributed by atoms with Gasteiger partial charge >= 0.3 is 0 Å². The van der Waals surface area contributed by atoms with Crippen LogP contribution in [0.1, 0.15) is 28.8 Å². The monoisotopic (exact) mass is 466 g/mol. The zero-order valence-corrected chi connectivity index (χ0v) is 19.0. The van der Waals surface area contributed by atoms with E-state index in [1.165, 1.54) is 0 Å². The summed E-state index contributed by atoms with van der Waals surface area (Å²) in [6.07, 6.45) is 0.582. The molecule has 0 aliphatic carbocycles. The van der Waals surface area contributed by atoms with Crippen molar-refractivity contribution in [2.45, 2.75) is 25.4 Å². The fraction of sp³-hybridized carbons (Fsp3) is 0.185. The molecular weight excluding hydrogens is 444 g/mol. The van der Waals surface area contributed by atoms with Crippen LogP contribution in [0.15, 0.2) is 60.7 Å². The molecule has 0 saturated carbocycles. The Balaban J connectivity index is 1.26. The van der Waals surface area contributed by atoms with E-state index in [-0.39, 0.29) is 18.2 Å². The van der Waals surface area contributed by atoms with Crippen LogP contribution < -0.4 is 10.1 Å². The number of H-pyrrole nitrogens is 1. The molecule has 1 saturated heterocycles. The molecule has 1 fully saturated rings. The van der Waals surface area contributed by atoms with Crippen molar-refractivity contribution in [1.29, 1.82) is 0 Å². The molecule has 174 valence electrons. The molecule has 8 nitrogen and oxygen atoms in total. The average molecular weight is 466 g/mol. The summed E-state index contributed by atoms with van der Waals surface area (Å²) >= 11 is 0. The van der Waals surface area contributed by atoms with Crippen molar-refractivity contribution in [2.75, 3.05) is 7.11 Å². The first-order valence-corrected chi connectivity index (χ1v) is 11.4. The normalized spacial score (nSPS) is 17.6. The number of carbonyl (C=O) groups excluding carboxylic acids is 3. The van der Waals surface area contributed by atoms with Gasteiger partial charge in [-0.3, -0.25) is 24.8 Å². The van der Waals surface area contributed by atoms with Gasteiger partial charge in [0.25, 0.3) is 5.91 Å².